The summed E-state index contributed by atoms with van der Waals surface area (Å²) in [4.78, 5) is 23.3. The number of aromatic hydroxyl groups is 1. The molecule has 11 nitrogen and oxygen atoms in total. The minimum absolute atomic E-state index is 0.0873. The van der Waals surface area contributed by atoms with Gasteiger partial charge < -0.3 is 44.5 Å². The van der Waals surface area contributed by atoms with Gasteiger partial charge in [-0.05, 0) is 23.8 Å². The van der Waals surface area contributed by atoms with Gasteiger partial charge in [-0.25, -0.2) is 4.79 Å². The average molecular weight is 468 g/mol. The Kier molecular flexibility index (Phi) is 8.05. The monoisotopic (exact) mass is 468 g/mol. The van der Waals surface area contributed by atoms with Crippen LogP contribution in [0.1, 0.15) is 18.9 Å². The highest BCUT2D eigenvalue weighted by Gasteiger charge is 2.47. The Morgan fingerprint density at radius 1 is 1.21 bits per heavy atom. The van der Waals surface area contributed by atoms with Gasteiger partial charge in [0, 0.05) is 12.0 Å². The van der Waals surface area contributed by atoms with Gasteiger partial charge in [0.15, 0.2) is 6.29 Å². The molecule has 2 aliphatic rings. The zero-order valence-electron chi connectivity index (χ0n) is 17.9. The number of carbonyl (C=O) groups excluding carboxylic acids is 2. The highest BCUT2D eigenvalue weighted by Crippen LogP contribution is 2.30. The van der Waals surface area contributed by atoms with Crippen molar-refractivity contribution in [2.24, 2.45) is 5.92 Å². The summed E-state index contributed by atoms with van der Waals surface area (Å²) < 4.78 is 20.8. The van der Waals surface area contributed by atoms with E-state index in [0.29, 0.717) is 5.56 Å². The molecular weight excluding hydrogens is 440 g/mol. The molecule has 11 heteroatoms. The number of carbonyl (C=O) groups is 2. The molecule has 0 amide bonds. The van der Waals surface area contributed by atoms with Crippen molar-refractivity contribution >= 4 is 18.0 Å². The molecular formula is C22H28O11. The van der Waals surface area contributed by atoms with Crippen molar-refractivity contribution in [1.82, 2.24) is 0 Å². The Morgan fingerprint density at radius 2 is 1.91 bits per heavy atom. The molecule has 3 rings (SSSR count). The van der Waals surface area contributed by atoms with Crippen LogP contribution in [-0.2, 0) is 28.5 Å². The van der Waals surface area contributed by atoms with Gasteiger partial charge in [-0.2, -0.15) is 0 Å². The summed E-state index contributed by atoms with van der Waals surface area (Å²) in [6.45, 7) is 0.884. The minimum Gasteiger partial charge on any atom is -0.508 e. The molecule has 5 N–H and O–H groups in total. The summed E-state index contributed by atoms with van der Waals surface area (Å²) in [7, 11) is 0. The van der Waals surface area contributed by atoms with Crippen LogP contribution in [0.2, 0.25) is 0 Å². The van der Waals surface area contributed by atoms with Crippen molar-refractivity contribution in [1.29, 1.82) is 0 Å². The van der Waals surface area contributed by atoms with E-state index < -0.39 is 60.8 Å². The fourth-order valence-electron chi connectivity index (χ4n) is 3.42. The topological polar surface area (TPSA) is 172 Å². The molecule has 2 fully saturated rings. The molecule has 2 heterocycles. The highest BCUT2D eigenvalue weighted by atomic mass is 16.7. The molecule has 1 aromatic rings. The summed E-state index contributed by atoms with van der Waals surface area (Å²) in [5.74, 6) is -1.74. The lowest BCUT2D eigenvalue weighted by Crippen LogP contribution is -2.59. The van der Waals surface area contributed by atoms with E-state index in [0.717, 1.165) is 6.08 Å². The maximum atomic E-state index is 12.0. The lowest BCUT2D eigenvalue weighted by Gasteiger charge is -2.40. The van der Waals surface area contributed by atoms with E-state index in [1.165, 1.54) is 18.2 Å². The van der Waals surface area contributed by atoms with Gasteiger partial charge in [-0.1, -0.05) is 19.1 Å². The lowest BCUT2D eigenvalue weighted by atomic mass is 9.88. The normalized spacial score (nSPS) is 33.1. The van der Waals surface area contributed by atoms with Gasteiger partial charge >= 0.3 is 11.9 Å². The largest absolute Gasteiger partial charge is 0.508 e. The van der Waals surface area contributed by atoms with Crippen molar-refractivity contribution in [3.05, 3.63) is 35.9 Å². The SMILES string of the molecule is CC(COC1OC(COC(=O)C=Cc2ccc(O)cc2)C(O)C(O)C1O)C1(O)COC(=O)C1. The first-order chi connectivity index (χ1) is 15.6. The van der Waals surface area contributed by atoms with Crippen molar-refractivity contribution in [2.45, 2.75) is 49.7 Å². The van der Waals surface area contributed by atoms with Gasteiger partial charge in [0.2, 0.25) is 0 Å². The van der Waals surface area contributed by atoms with Crippen LogP contribution in [0.15, 0.2) is 30.3 Å². The van der Waals surface area contributed by atoms with Crippen molar-refractivity contribution in [3.8, 4) is 5.75 Å². The second-order valence-electron chi connectivity index (χ2n) is 8.25. The predicted molar refractivity (Wildman–Crippen MR) is 110 cm³/mol. The maximum Gasteiger partial charge on any atom is 0.330 e. The number of hydrogen-bond donors (Lipinski definition) is 5. The highest BCUT2D eigenvalue weighted by molar-refractivity contribution is 5.87. The molecule has 0 bridgehead atoms. The fraction of sp³-hybridized carbons (Fsp3) is 0.545. The number of aliphatic hydroxyl groups excluding tert-OH is 3. The van der Waals surface area contributed by atoms with E-state index >= 15 is 0 Å². The Morgan fingerprint density at radius 3 is 2.55 bits per heavy atom. The molecule has 0 aliphatic carbocycles. The van der Waals surface area contributed by atoms with Crippen LogP contribution < -0.4 is 0 Å². The van der Waals surface area contributed by atoms with Crippen LogP contribution >= 0.6 is 0 Å². The van der Waals surface area contributed by atoms with E-state index in [9.17, 15) is 35.1 Å². The first-order valence-corrected chi connectivity index (χ1v) is 10.4. The van der Waals surface area contributed by atoms with Gasteiger partial charge in [-0.3, -0.25) is 4.79 Å². The van der Waals surface area contributed by atoms with Crippen molar-refractivity contribution in [3.63, 3.8) is 0 Å². The van der Waals surface area contributed by atoms with E-state index in [1.54, 1.807) is 19.1 Å². The molecule has 7 atom stereocenters. The molecule has 33 heavy (non-hydrogen) atoms. The second kappa shape index (κ2) is 10.6. The third kappa shape index (κ3) is 6.28. The summed E-state index contributed by atoms with van der Waals surface area (Å²) in [6, 6.07) is 6.11. The molecule has 2 aliphatic heterocycles. The number of esters is 2. The van der Waals surface area contributed by atoms with Crippen LogP contribution in [0.5, 0.6) is 5.75 Å². The molecule has 2 saturated heterocycles. The first kappa shape index (κ1) is 25.1. The van der Waals surface area contributed by atoms with E-state index in [-0.39, 0.29) is 25.4 Å². The molecule has 0 spiro atoms. The number of cyclic esters (lactones) is 1. The first-order valence-electron chi connectivity index (χ1n) is 10.4. The van der Waals surface area contributed by atoms with Crippen molar-refractivity contribution < 1.29 is 54.1 Å². The number of aliphatic hydroxyl groups is 4. The maximum absolute atomic E-state index is 12.0. The number of benzene rings is 1. The third-order valence-corrected chi connectivity index (χ3v) is 5.72. The van der Waals surface area contributed by atoms with Crippen molar-refractivity contribution in [2.75, 3.05) is 19.8 Å². The van der Waals surface area contributed by atoms with Crippen LogP contribution in [0.4, 0.5) is 0 Å². The van der Waals surface area contributed by atoms with Gasteiger partial charge in [0.1, 0.15) is 49.0 Å². The molecule has 1 aromatic carbocycles. The summed E-state index contributed by atoms with van der Waals surface area (Å²) in [5.41, 5.74) is -0.774. The lowest BCUT2D eigenvalue weighted by molar-refractivity contribution is -0.305. The van der Waals surface area contributed by atoms with Crippen LogP contribution in [0.3, 0.4) is 0 Å². The van der Waals surface area contributed by atoms with Crippen LogP contribution in [0.25, 0.3) is 6.08 Å². The molecule has 7 unspecified atom stereocenters. The fourth-order valence-corrected chi connectivity index (χ4v) is 3.42. The zero-order chi connectivity index (χ0) is 24.2. The summed E-state index contributed by atoms with van der Waals surface area (Å²) >= 11 is 0. The molecule has 182 valence electrons. The third-order valence-electron chi connectivity index (χ3n) is 5.72. The van der Waals surface area contributed by atoms with E-state index in [4.69, 9.17) is 18.9 Å². The van der Waals surface area contributed by atoms with E-state index in [2.05, 4.69) is 0 Å². The van der Waals surface area contributed by atoms with Gasteiger partial charge in [-0.15, -0.1) is 0 Å². The summed E-state index contributed by atoms with van der Waals surface area (Å²) in [5, 5.41) is 50.2. The van der Waals surface area contributed by atoms with Crippen LogP contribution in [-0.4, -0.2) is 93.6 Å². The predicted octanol–water partition coefficient (Wildman–Crippen LogP) is -0.913. The molecule has 0 aromatic heterocycles. The molecule has 0 radical (unpaired) electrons. The Bertz CT molecular complexity index is 854. The number of hydrogen-bond acceptors (Lipinski definition) is 11. The van der Waals surface area contributed by atoms with Gasteiger partial charge in [0.25, 0.3) is 0 Å². The zero-order valence-corrected chi connectivity index (χ0v) is 17.9. The summed E-state index contributed by atoms with van der Waals surface area (Å²) in [6.07, 6.45) is -4.90. The van der Waals surface area contributed by atoms with Crippen LogP contribution in [0, 0.1) is 5.92 Å². The number of phenols is 1. The second-order valence-corrected chi connectivity index (χ2v) is 8.25. The molecule has 0 saturated carbocycles. The smallest absolute Gasteiger partial charge is 0.330 e. The number of rotatable bonds is 8. The van der Waals surface area contributed by atoms with E-state index in [1.807, 2.05) is 0 Å². The van der Waals surface area contributed by atoms with Gasteiger partial charge in [0.05, 0.1) is 13.0 Å². The average Bonchev–Trinajstić information content (AvgIpc) is 3.15. The number of ether oxygens (including phenoxy) is 4. The Labute approximate surface area is 189 Å². The minimum atomic E-state index is -1.63. The number of phenolic OH excluding ortho intramolecular Hbond substituents is 1. The Hall–Kier alpha value is -2.54. The Balaban J connectivity index is 1.52. The quantitative estimate of drug-likeness (QED) is 0.236. The standard InChI is InChI=1S/C22H28O11/c1-12(22(29)8-17(25)32-11-22)9-31-21-20(28)19(27)18(26)15(33-21)10-30-16(24)7-4-13-2-5-14(23)6-3-13/h2-7,12,15,18-21,23,26-29H,8-11H2,1H3.